The number of rotatable bonds is 3. The van der Waals surface area contributed by atoms with Crippen LogP contribution in [0.3, 0.4) is 0 Å². The number of anilines is 1. The number of amides is 1. The summed E-state index contributed by atoms with van der Waals surface area (Å²) in [6.45, 7) is 1.08. The third kappa shape index (κ3) is 3.15. The first-order valence-electron chi connectivity index (χ1n) is 9.16. The molecule has 3 N–H and O–H groups in total. The van der Waals surface area contributed by atoms with Crippen LogP contribution >= 0.6 is 22.9 Å². The number of thiazole rings is 1. The van der Waals surface area contributed by atoms with Crippen molar-refractivity contribution in [1.29, 1.82) is 0 Å². The maximum Gasteiger partial charge on any atom is 0.270 e. The highest BCUT2D eigenvalue weighted by atomic mass is 35.5. The van der Waals surface area contributed by atoms with Crippen LogP contribution in [-0.2, 0) is 13.0 Å². The summed E-state index contributed by atoms with van der Waals surface area (Å²) in [5, 5.41) is 14.5. The molecule has 3 heterocycles. The van der Waals surface area contributed by atoms with Gasteiger partial charge in [-0.3, -0.25) is 4.79 Å². The minimum atomic E-state index is -0.440. The molecule has 1 aromatic carbocycles. The summed E-state index contributed by atoms with van der Waals surface area (Å²) in [6, 6.07) is 4.53. The van der Waals surface area contributed by atoms with Crippen LogP contribution in [0.1, 0.15) is 33.9 Å². The van der Waals surface area contributed by atoms with Crippen molar-refractivity contribution in [1.82, 2.24) is 14.9 Å². The van der Waals surface area contributed by atoms with Crippen molar-refractivity contribution in [2.24, 2.45) is 0 Å². The van der Waals surface area contributed by atoms with Crippen LogP contribution in [0, 0.1) is 5.82 Å². The number of fused-ring (bicyclic) bond motifs is 2. The number of H-pyrrole nitrogens is 1. The second-order valence-corrected chi connectivity index (χ2v) is 8.85. The van der Waals surface area contributed by atoms with Gasteiger partial charge in [-0.05, 0) is 31.0 Å². The summed E-state index contributed by atoms with van der Waals surface area (Å²) in [4.78, 5) is 23.4. The number of carbonyl (C=O) groups excluding carboxylic acids is 1. The summed E-state index contributed by atoms with van der Waals surface area (Å²) >= 11 is 7.65. The van der Waals surface area contributed by atoms with E-state index in [0.29, 0.717) is 36.1 Å². The number of nitrogens with zero attached hydrogens (tertiary/aromatic N) is 2. The van der Waals surface area contributed by atoms with E-state index in [2.05, 4.69) is 15.3 Å². The smallest absolute Gasteiger partial charge is 0.270 e. The molecule has 28 heavy (non-hydrogen) atoms. The molecule has 0 bridgehead atoms. The van der Waals surface area contributed by atoms with Crippen LogP contribution in [0.15, 0.2) is 18.2 Å². The predicted molar refractivity (Wildman–Crippen MR) is 106 cm³/mol. The lowest BCUT2D eigenvalue weighted by Gasteiger charge is -2.31. The molecular weight excluding hydrogens is 403 g/mol. The summed E-state index contributed by atoms with van der Waals surface area (Å²) in [5.74, 6) is -0.576. The molecule has 2 aromatic heterocycles. The molecule has 0 saturated heterocycles. The first kappa shape index (κ1) is 17.9. The van der Waals surface area contributed by atoms with Crippen LogP contribution in [0.25, 0.3) is 10.9 Å². The number of carbonyl (C=O) groups is 1. The van der Waals surface area contributed by atoms with Crippen LogP contribution < -0.4 is 5.32 Å². The van der Waals surface area contributed by atoms with E-state index in [4.69, 9.17) is 11.6 Å². The fourth-order valence-electron chi connectivity index (χ4n) is 3.76. The minimum Gasteiger partial charge on any atom is -0.393 e. The van der Waals surface area contributed by atoms with Gasteiger partial charge >= 0.3 is 0 Å². The molecule has 1 fully saturated rings. The number of hydrogen-bond donors (Lipinski definition) is 3. The van der Waals surface area contributed by atoms with Crippen LogP contribution in [0.5, 0.6) is 0 Å². The zero-order valence-corrected chi connectivity index (χ0v) is 16.4. The first-order valence-corrected chi connectivity index (χ1v) is 10.4. The summed E-state index contributed by atoms with van der Waals surface area (Å²) in [5.41, 5.74) is 1.94. The van der Waals surface area contributed by atoms with Gasteiger partial charge in [0, 0.05) is 29.3 Å². The number of aromatic amines is 1. The summed E-state index contributed by atoms with van der Waals surface area (Å²) < 4.78 is 13.5. The molecule has 2 aliphatic rings. The molecule has 146 valence electrons. The van der Waals surface area contributed by atoms with Crippen molar-refractivity contribution in [2.45, 2.75) is 38.0 Å². The molecule has 0 radical (unpaired) electrons. The van der Waals surface area contributed by atoms with Gasteiger partial charge in [0.05, 0.1) is 28.9 Å². The third-order valence-electron chi connectivity index (χ3n) is 5.34. The Balaban J connectivity index is 1.33. The van der Waals surface area contributed by atoms with E-state index in [9.17, 15) is 14.3 Å². The van der Waals surface area contributed by atoms with Gasteiger partial charge in [-0.25, -0.2) is 9.37 Å². The monoisotopic (exact) mass is 420 g/mol. The number of benzene rings is 1. The fraction of sp³-hybridized carbons (Fsp3) is 0.368. The Morgan fingerprint density at radius 1 is 1.39 bits per heavy atom. The highest BCUT2D eigenvalue weighted by Crippen LogP contribution is 2.32. The van der Waals surface area contributed by atoms with Gasteiger partial charge in [-0.2, -0.15) is 0 Å². The van der Waals surface area contributed by atoms with E-state index in [-0.39, 0.29) is 23.1 Å². The molecule has 1 saturated carbocycles. The lowest BCUT2D eigenvalue weighted by atomic mass is 9.90. The minimum absolute atomic E-state index is 0.136. The third-order valence-corrected chi connectivity index (χ3v) is 6.67. The Morgan fingerprint density at radius 3 is 3.00 bits per heavy atom. The number of hydrogen-bond acceptors (Lipinski definition) is 5. The second kappa shape index (κ2) is 6.72. The van der Waals surface area contributed by atoms with E-state index >= 15 is 0 Å². The van der Waals surface area contributed by atoms with E-state index < -0.39 is 5.82 Å². The SMILES string of the molecule is O=C(c1cc2c(Cl)cc(F)cc2[nH]1)N1CCc2nc(N[C@H]3C[C@H](O)C3)sc2C1. The lowest BCUT2D eigenvalue weighted by Crippen LogP contribution is -2.38. The molecule has 6 nitrogen and oxygen atoms in total. The summed E-state index contributed by atoms with van der Waals surface area (Å²) in [7, 11) is 0. The molecular formula is C19H18ClFN4O2S. The maximum atomic E-state index is 13.5. The van der Waals surface area contributed by atoms with Crippen molar-refractivity contribution >= 4 is 44.9 Å². The number of aromatic nitrogens is 2. The van der Waals surface area contributed by atoms with Crippen molar-refractivity contribution < 1.29 is 14.3 Å². The fourth-order valence-corrected chi connectivity index (χ4v) is 5.12. The van der Waals surface area contributed by atoms with Crippen molar-refractivity contribution in [3.05, 3.63) is 45.3 Å². The standard InChI is InChI=1S/C19H18ClFN4O2S/c20-13-3-9(21)4-15-12(13)7-16(23-15)18(27)25-2-1-14-17(8-25)28-19(24-14)22-10-5-11(26)6-10/h3-4,7,10-11,23,26H,1-2,5-6,8H2,(H,22,24)/t10-,11-. The Bertz CT molecular complexity index is 1080. The van der Waals surface area contributed by atoms with E-state index in [1.807, 2.05) is 0 Å². The molecule has 3 aromatic rings. The van der Waals surface area contributed by atoms with Gasteiger partial charge in [0.15, 0.2) is 5.13 Å². The number of aliphatic hydroxyl groups excluding tert-OH is 1. The Morgan fingerprint density at radius 2 is 2.21 bits per heavy atom. The van der Waals surface area contributed by atoms with Gasteiger partial charge in [-0.1, -0.05) is 22.9 Å². The zero-order chi connectivity index (χ0) is 19.4. The van der Waals surface area contributed by atoms with Crippen LogP contribution in [0.4, 0.5) is 9.52 Å². The molecule has 1 aliphatic carbocycles. The molecule has 9 heteroatoms. The Hall–Kier alpha value is -2.16. The Kier molecular flexibility index (Phi) is 4.30. The highest BCUT2D eigenvalue weighted by molar-refractivity contribution is 7.15. The highest BCUT2D eigenvalue weighted by Gasteiger charge is 2.30. The molecule has 1 amide bonds. The normalized spacial score (nSPS) is 21.5. The summed E-state index contributed by atoms with van der Waals surface area (Å²) in [6.07, 6.45) is 1.98. The topological polar surface area (TPSA) is 81.2 Å². The molecule has 0 spiro atoms. The van der Waals surface area contributed by atoms with Crippen LogP contribution in [-0.4, -0.2) is 44.6 Å². The number of aliphatic hydroxyl groups is 1. The predicted octanol–water partition coefficient (Wildman–Crippen LogP) is 3.55. The molecule has 1 aliphatic heterocycles. The number of halogens is 2. The first-order chi connectivity index (χ1) is 13.5. The lowest BCUT2D eigenvalue weighted by molar-refractivity contribution is 0.0731. The molecule has 0 unspecified atom stereocenters. The average Bonchev–Trinajstić information content (AvgIpc) is 3.22. The van der Waals surface area contributed by atoms with Gasteiger partial charge in [-0.15, -0.1) is 0 Å². The van der Waals surface area contributed by atoms with Gasteiger partial charge in [0.2, 0.25) is 0 Å². The van der Waals surface area contributed by atoms with Crippen molar-refractivity contribution in [3.8, 4) is 0 Å². The second-order valence-electron chi connectivity index (χ2n) is 7.36. The van der Waals surface area contributed by atoms with E-state index in [1.165, 1.54) is 12.1 Å². The van der Waals surface area contributed by atoms with Gasteiger partial charge < -0.3 is 20.3 Å². The van der Waals surface area contributed by atoms with Gasteiger partial charge in [0.25, 0.3) is 5.91 Å². The molecule has 0 atom stereocenters. The van der Waals surface area contributed by atoms with Gasteiger partial charge in [0.1, 0.15) is 11.5 Å². The maximum absolute atomic E-state index is 13.5. The zero-order valence-electron chi connectivity index (χ0n) is 14.8. The van der Waals surface area contributed by atoms with E-state index in [1.54, 1.807) is 22.3 Å². The number of nitrogens with one attached hydrogen (secondary N) is 2. The van der Waals surface area contributed by atoms with E-state index in [0.717, 1.165) is 28.5 Å². The molecule has 5 rings (SSSR count). The quantitative estimate of drug-likeness (QED) is 0.605. The Labute approximate surface area is 169 Å². The van der Waals surface area contributed by atoms with Crippen LogP contribution in [0.2, 0.25) is 5.02 Å². The largest absolute Gasteiger partial charge is 0.393 e. The average molecular weight is 421 g/mol. The van der Waals surface area contributed by atoms with Crippen molar-refractivity contribution in [2.75, 3.05) is 11.9 Å². The van der Waals surface area contributed by atoms with Crippen molar-refractivity contribution in [3.63, 3.8) is 0 Å².